The van der Waals surface area contributed by atoms with E-state index in [1.54, 1.807) is 6.33 Å². The molecular formula is C14H18N4. The summed E-state index contributed by atoms with van der Waals surface area (Å²) in [5.74, 6) is 1.01. The van der Waals surface area contributed by atoms with Crippen molar-refractivity contribution in [3.05, 3.63) is 24.5 Å². The maximum Gasteiger partial charge on any atom is 0.140 e. The third kappa shape index (κ3) is 1.68. The summed E-state index contributed by atoms with van der Waals surface area (Å²) in [6.45, 7) is 5.58. The van der Waals surface area contributed by atoms with Crippen molar-refractivity contribution in [2.75, 3.05) is 17.2 Å². The van der Waals surface area contributed by atoms with E-state index in [1.165, 1.54) is 12.8 Å². The Balaban J connectivity index is 2.20. The Bertz CT molecular complexity index is 591. The zero-order valence-corrected chi connectivity index (χ0v) is 10.8. The number of hydrogen-bond donors (Lipinski definition) is 1. The molecule has 1 aliphatic rings. The van der Waals surface area contributed by atoms with Crippen LogP contribution in [0.25, 0.3) is 10.9 Å². The molecule has 1 aliphatic heterocycles. The Morgan fingerprint density at radius 1 is 1.28 bits per heavy atom. The van der Waals surface area contributed by atoms with E-state index in [-0.39, 0.29) is 5.54 Å². The van der Waals surface area contributed by atoms with Gasteiger partial charge in [0, 0.05) is 23.2 Å². The van der Waals surface area contributed by atoms with E-state index < -0.39 is 0 Å². The van der Waals surface area contributed by atoms with E-state index in [1.807, 2.05) is 18.2 Å². The van der Waals surface area contributed by atoms with Gasteiger partial charge in [0.15, 0.2) is 0 Å². The molecule has 0 spiro atoms. The van der Waals surface area contributed by atoms with Crippen molar-refractivity contribution in [2.45, 2.75) is 32.2 Å². The van der Waals surface area contributed by atoms with E-state index in [0.717, 1.165) is 29.0 Å². The van der Waals surface area contributed by atoms with Crippen molar-refractivity contribution in [3.63, 3.8) is 0 Å². The Hall–Kier alpha value is -1.84. The van der Waals surface area contributed by atoms with Crippen LogP contribution in [0.1, 0.15) is 26.7 Å². The van der Waals surface area contributed by atoms with Gasteiger partial charge in [0.1, 0.15) is 12.1 Å². The molecular weight excluding hydrogens is 224 g/mol. The van der Waals surface area contributed by atoms with Crippen molar-refractivity contribution in [1.29, 1.82) is 0 Å². The quantitative estimate of drug-likeness (QED) is 0.781. The fraction of sp³-hybridized carbons (Fsp3) is 0.429. The molecule has 0 saturated carbocycles. The number of anilines is 2. The van der Waals surface area contributed by atoms with E-state index in [0.29, 0.717) is 0 Å². The minimum absolute atomic E-state index is 0.159. The van der Waals surface area contributed by atoms with Crippen LogP contribution in [0.4, 0.5) is 11.5 Å². The summed E-state index contributed by atoms with van der Waals surface area (Å²) in [6, 6.07) is 5.81. The topological polar surface area (TPSA) is 55.0 Å². The van der Waals surface area contributed by atoms with Gasteiger partial charge in [-0.2, -0.15) is 0 Å². The molecule has 2 N–H and O–H groups in total. The van der Waals surface area contributed by atoms with Gasteiger partial charge in [-0.1, -0.05) is 0 Å². The summed E-state index contributed by atoms with van der Waals surface area (Å²) in [6.07, 6.45) is 4.05. The Morgan fingerprint density at radius 2 is 2.11 bits per heavy atom. The van der Waals surface area contributed by atoms with Crippen molar-refractivity contribution in [3.8, 4) is 0 Å². The van der Waals surface area contributed by atoms with Gasteiger partial charge in [0.05, 0.1) is 5.52 Å². The highest BCUT2D eigenvalue weighted by molar-refractivity contribution is 5.91. The first-order valence-corrected chi connectivity index (χ1v) is 6.36. The molecule has 4 nitrogen and oxygen atoms in total. The Labute approximate surface area is 107 Å². The summed E-state index contributed by atoms with van der Waals surface area (Å²) < 4.78 is 0. The fourth-order valence-electron chi connectivity index (χ4n) is 2.78. The second-order valence-corrected chi connectivity index (χ2v) is 5.54. The number of benzene rings is 1. The van der Waals surface area contributed by atoms with E-state index in [4.69, 9.17) is 5.73 Å². The molecule has 1 saturated heterocycles. The number of hydrogen-bond acceptors (Lipinski definition) is 4. The lowest BCUT2D eigenvalue weighted by atomic mass is 10.0. The maximum atomic E-state index is 5.88. The van der Waals surface area contributed by atoms with E-state index in [2.05, 4.69) is 28.7 Å². The summed E-state index contributed by atoms with van der Waals surface area (Å²) in [7, 11) is 0. The predicted molar refractivity (Wildman–Crippen MR) is 74.6 cm³/mol. The molecule has 1 fully saturated rings. The van der Waals surface area contributed by atoms with Crippen molar-refractivity contribution >= 4 is 22.4 Å². The zero-order valence-electron chi connectivity index (χ0n) is 10.8. The lowest BCUT2D eigenvalue weighted by molar-refractivity contribution is 0.515. The molecule has 0 radical (unpaired) electrons. The molecule has 3 rings (SSSR count). The van der Waals surface area contributed by atoms with Crippen LogP contribution in [0.2, 0.25) is 0 Å². The number of aromatic nitrogens is 2. The van der Waals surface area contributed by atoms with Crippen LogP contribution in [0.3, 0.4) is 0 Å². The summed E-state index contributed by atoms with van der Waals surface area (Å²) in [5.41, 5.74) is 7.76. The van der Waals surface area contributed by atoms with Crippen LogP contribution in [-0.4, -0.2) is 22.1 Å². The SMILES string of the molecule is CC1(C)CCCN1c1ncnc2ccc(N)cc12. The summed E-state index contributed by atoms with van der Waals surface area (Å²) >= 11 is 0. The highest BCUT2D eigenvalue weighted by Gasteiger charge is 2.33. The summed E-state index contributed by atoms with van der Waals surface area (Å²) in [5, 5.41) is 1.05. The molecule has 2 heterocycles. The third-order valence-corrected chi connectivity index (χ3v) is 3.80. The first-order valence-electron chi connectivity index (χ1n) is 6.36. The molecule has 1 aromatic heterocycles. The first kappa shape index (κ1) is 11.3. The molecule has 2 aromatic rings. The predicted octanol–water partition coefficient (Wildman–Crippen LogP) is 2.59. The van der Waals surface area contributed by atoms with Gasteiger partial charge in [0.2, 0.25) is 0 Å². The maximum absolute atomic E-state index is 5.88. The summed E-state index contributed by atoms with van der Waals surface area (Å²) in [4.78, 5) is 11.2. The molecule has 0 amide bonds. The van der Waals surface area contributed by atoms with Crippen LogP contribution in [0.5, 0.6) is 0 Å². The molecule has 94 valence electrons. The van der Waals surface area contributed by atoms with Crippen LogP contribution >= 0.6 is 0 Å². The highest BCUT2D eigenvalue weighted by Crippen LogP contribution is 2.35. The standard InChI is InChI=1S/C14H18N4/c1-14(2)6-3-7-18(14)13-11-8-10(15)4-5-12(11)16-9-17-13/h4-5,8-9H,3,6-7,15H2,1-2H3. The zero-order chi connectivity index (χ0) is 12.8. The van der Waals surface area contributed by atoms with E-state index in [9.17, 15) is 0 Å². The minimum Gasteiger partial charge on any atom is -0.399 e. The Morgan fingerprint density at radius 3 is 2.83 bits per heavy atom. The van der Waals surface area contributed by atoms with Crippen LogP contribution in [0, 0.1) is 0 Å². The number of nitrogens with zero attached hydrogens (tertiary/aromatic N) is 3. The Kier molecular flexibility index (Phi) is 2.40. The largest absolute Gasteiger partial charge is 0.399 e. The molecule has 1 aromatic carbocycles. The molecule has 0 unspecified atom stereocenters. The van der Waals surface area contributed by atoms with Crippen molar-refractivity contribution < 1.29 is 0 Å². The van der Waals surface area contributed by atoms with Gasteiger partial charge in [-0.3, -0.25) is 0 Å². The first-order chi connectivity index (χ1) is 8.58. The lowest BCUT2D eigenvalue weighted by Gasteiger charge is -2.33. The normalized spacial score (nSPS) is 18.4. The minimum atomic E-state index is 0.159. The van der Waals surface area contributed by atoms with Crippen LogP contribution in [0.15, 0.2) is 24.5 Å². The number of nitrogens with two attached hydrogens (primary N) is 1. The van der Waals surface area contributed by atoms with Crippen LogP contribution < -0.4 is 10.6 Å². The average Bonchev–Trinajstić information content (AvgIpc) is 2.68. The van der Waals surface area contributed by atoms with Gasteiger partial charge in [-0.05, 0) is 44.9 Å². The third-order valence-electron chi connectivity index (χ3n) is 3.80. The van der Waals surface area contributed by atoms with Gasteiger partial charge in [0.25, 0.3) is 0 Å². The van der Waals surface area contributed by atoms with Gasteiger partial charge >= 0.3 is 0 Å². The van der Waals surface area contributed by atoms with Crippen LogP contribution in [-0.2, 0) is 0 Å². The molecule has 4 heteroatoms. The van der Waals surface area contributed by atoms with Gasteiger partial charge < -0.3 is 10.6 Å². The molecule has 0 aliphatic carbocycles. The molecule has 0 bridgehead atoms. The van der Waals surface area contributed by atoms with Gasteiger partial charge in [-0.25, -0.2) is 9.97 Å². The second kappa shape index (κ2) is 3.83. The lowest BCUT2D eigenvalue weighted by Crippen LogP contribution is -2.38. The molecule has 0 atom stereocenters. The average molecular weight is 242 g/mol. The van der Waals surface area contributed by atoms with Crippen molar-refractivity contribution in [2.24, 2.45) is 0 Å². The molecule has 18 heavy (non-hydrogen) atoms. The fourth-order valence-corrected chi connectivity index (χ4v) is 2.78. The number of rotatable bonds is 1. The van der Waals surface area contributed by atoms with Gasteiger partial charge in [-0.15, -0.1) is 0 Å². The highest BCUT2D eigenvalue weighted by atomic mass is 15.3. The smallest absolute Gasteiger partial charge is 0.140 e. The number of fused-ring (bicyclic) bond motifs is 1. The number of nitrogen functional groups attached to an aromatic ring is 1. The van der Waals surface area contributed by atoms with Crippen molar-refractivity contribution in [1.82, 2.24) is 9.97 Å². The second-order valence-electron chi connectivity index (χ2n) is 5.54. The monoisotopic (exact) mass is 242 g/mol. The van der Waals surface area contributed by atoms with E-state index >= 15 is 0 Å².